The Labute approximate surface area is 114 Å². The molecule has 0 saturated carbocycles. The number of rotatable bonds is 3. The third-order valence-electron chi connectivity index (χ3n) is 3.20. The Morgan fingerprint density at radius 3 is 2.74 bits per heavy atom. The average molecular weight is 283 g/mol. The predicted octanol–water partition coefficient (Wildman–Crippen LogP) is 4.01. The predicted molar refractivity (Wildman–Crippen MR) is 72.1 cm³/mol. The van der Waals surface area contributed by atoms with Gasteiger partial charge in [0, 0.05) is 23.1 Å². The van der Waals surface area contributed by atoms with E-state index in [2.05, 4.69) is 4.98 Å². The average Bonchev–Trinajstić information content (AvgIpc) is 2.36. The number of nitro benzene ring substituents is 1. The second-order valence-electron chi connectivity index (χ2n) is 4.41. The maximum Gasteiger partial charge on any atom is 0.281 e. The van der Waals surface area contributed by atoms with Gasteiger partial charge in [-0.3, -0.25) is 15.1 Å². The SMILES string of the molecule is CC(Cl)C(C)c1c(F)cc([N+](=O)[O-])c2cccnc12. The lowest BCUT2D eigenvalue weighted by Crippen LogP contribution is -2.09. The molecule has 4 nitrogen and oxygen atoms in total. The summed E-state index contributed by atoms with van der Waals surface area (Å²) in [5.74, 6) is -0.933. The molecule has 100 valence electrons. The standard InChI is InChI=1S/C13H12ClFN2O2/c1-7(8(2)14)12-10(15)6-11(17(18)19)9-4-3-5-16-13(9)12/h3-8H,1-2H3. The van der Waals surface area contributed by atoms with Crippen molar-refractivity contribution in [2.75, 3.05) is 0 Å². The summed E-state index contributed by atoms with van der Waals surface area (Å²) in [6.45, 7) is 3.53. The van der Waals surface area contributed by atoms with Gasteiger partial charge >= 0.3 is 0 Å². The molecule has 2 unspecified atom stereocenters. The van der Waals surface area contributed by atoms with E-state index in [1.165, 1.54) is 6.20 Å². The zero-order chi connectivity index (χ0) is 14.2. The molecule has 1 aromatic heterocycles. The molecule has 2 aromatic rings. The Bertz CT molecular complexity index is 646. The summed E-state index contributed by atoms with van der Waals surface area (Å²) in [5.41, 5.74) is 0.344. The lowest BCUT2D eigenvalue weighted by atomic mass is 9.94. The quantitative estimate of drug-likeness (QED) is 0.485. The van der Waals surface area contributed by atoms with Gasteiger partial charge in [-0.05, 0) is 19.1 Å². The number of alkyl halides is 1. The van der Waals surface area contributed by atoms with Crippen LogP contribution >= 0.6 is 11.6 Å². The maximum atomic E-state index is 14.1. The highest BCUT2D eigenvalue weighted by atomic mass is 35.5. The van der Waals surface area contributed by atoms with Crippen molar-refractivity contribution in [2.24, 2.45) is 0 Å². The second-order valence-corrected chi connectivity index (χ2v) is 5.10. The fourth-order valence-electron chi connectivity index (χ4n) is 2.03. The minimum Gasteiger partial charge on any atom is -0.258 e. The Kier molecular flexibility index (Phi) is 3.66. The monoisotopic (exact) mass is 282 g/mol. The van der Waals surface area contributed by atoms with Crippen molar-refractivity contribution < 1.29 is 9.31 Å². The topological polar surface area (TPSA) is 56.0 Å². The van der Waals surface area contributed by atoms with Gasteiger partial charge in [0.25, 0.3) is 5.69 Å². The molecule has 1 heterocycles. The fraction of sp³-hybridized carbons (Fsp3) is 0.308. The molecular formula is C13H12ClFN2O2. The maximum absolute atomic E-state index is 14.1. The first-order chi connectivity index (χ1) is 8.93. The molecule has 0 radical (unpaired) electrons. The Balaban J connectivity index is 2.83. The minimum atomic E-state index is -0.641. The Morgan fingerprint density at radius 2 is 2.16 bits per heavy atom. The van der Waals surface area contributed by atoms with Crippen LogP contribution in [0.1, 0.15) is 25.3 Å². The van der Waals surface area contributed by atoms with E-state index in [0.717, 1.165) is 6.07 Å². The van der Waals surface area contributed by atoms with E-state index >= 15 is 0 Å². The van der Waals surface area contributed by atoms with Crippen molar-refractivity contribution in [1.82, 2.24) is 4.98 Å². The van der Waals surface area contributed by atoms with Gasteiger partial charge in [0.1, 0.15) is 5.82 Å². The number of halogens is 2. The van der Waals surface area contributed by atoms with Crippen molar-refractivity contribution in [3.8, 4) is 0 Å². The first-order valence-electron chi connectivity index (χ1n) is 5.79. The minimum absolute atomic E-state index is 0.279. The summed E-state index contributed by atoms with van der Waals surface area (Å²) in [6.07, 6.45) is 1.49. The molecule has 0 aliphatic rings. The van der Waals surface area contributed by atoms with Crippen LogP contribution in [0.25, 0.3) is 10.9 Å². The van der Waals surface area contributed by atoms with Gasteiger partial charge in [0.05, 0.1) is 21.9 Å². The smallest absolute Gasteiger partial charge is 0.258 e. The number of benzene rings is 1. The summed E-state index contributed by atoms with van der Waals surface area (Å²) in [6, 6.07) is 4.09. The van der Waals surface area contributed by atoms with E-state index in [4.69, 9.17) is 11.6 Å². The lowest BCUT2D eigenvalue weighted by Gasteiger charge is -2.17. The summed E-state index contributed by atoms with van der Waals surface area (Å²) >= 11 is 6.01. The molecule has 6 heteroatoms. The van der Waals surface area contributed by atoms with Gasteiger partial charge in [0.15, 0.2) is 0 Å². The molecule has 0 N–H and O–H groups in total. The summed E-state index contributed by atoms with van der Waals surface area (Å²) < 4.78 is 14.1. The molecule has 0 fully saturated rings. The number of aromatic nitrogens is 1. The normalized spacial score (nSPS) is 14.3. The van der Waals surface area contributed by atoms with Gasteiger partial charge in [-0.2, -0.15) is 0 Å². The number of non-ortho nitro benzene ring substituents is 1. The molecule has 1 aromatic carbocycles. The molecule has 2 atom stereocenters. The van der Waals surface area contributed by atoms with Crippen LogP contribution < -0.4 is 0 Å². The van der Waals surface area contributed by atoms with E-state index in [-0.39, 0.29) is 17.0 Å². The van der Waals surface area contributed by atoms with Gasteiger partial charge in [-0.15, -0.1) is 11.6 Å². The summed E-state index contributed by atoms with van der Waals surface area (Å²) in [5, 5.41) is 11.0. The summed E-state index contributed by atoms with van der Waals surface area (Å²) in [4.78, 5) is 14.4. The number of nitro groups is 1. The number of fused-ring (bicyclic) bond motifs is 1. The first-order valence-corrected chi connectivity index (χ1v) is 6.22. The van der Waals surface area contributed by atoms with Crippen molar-refractivity contribution in [1.29, 1.82) is 0 Å². The molecule has 2 rings (SSSR count). The van der Waals surface area contributed by atoms with E-state index in [1.807, 2.05) is 0 Å². The van der Waals surface area contributed by atoms with Crippen LogP contribution in [-0.2, 0) is 0 Å². The highest BCUT2D eigenvalue weighted by molar-refractivity contribution is 6.21. The first kappa shape index (κ1) is 13.7. The van der Waals surface area contributed by atoms with Gasteiger partial charge in [0.2, 0.25) is 0 Å². The highest BCUT2D eigenvalue weighted by Crippen LogP contribution is 2.35. The third kappa shape index (κ3) is 2.38. The third-order valence-corrected chi connectivity index (χ3v) is 3.58. The van der Waals surface area contributed by atoms with Gasteiger partial charge < -0.3 is 0 Å². The van der Waals surface area contributed by atoms with Crippen molar-refractivity contribution in [2.45, 2.75) is 25.1 Å². The molecule has 0 spiro atoms. The number of hydrogen-bond donors (Lipinski definition) is 0. The molecule has 0 bridgehead atoms. The van der Waals surface area contributed by atoms with Gasteiger partial charge in [-0.1, -0.05) is 6.92 Å². The second kappa shape index (κ2) is 5.09. The van der Waals surface area contributed by atoms with Crippen molar-refractivity contribution in [3.05, 3.63) is 45.9 Å². The van der Waals surface area contributed by atoms with Crippen LogP contribution in [0.2, 0.25) is 0 Å². The van der Waals surface area contributed by atoms with E-state index in [9.17, 15) is 14.5 Å². The summed E-state index contributed by atoms with van der Waals surface area (Å²) in [7, 11) is 0. The number of pyridine rings is 1. The number of hydrogen-bond acceptors (Lipinski definition) is 3. The van der Waals surface area contributed by atoms with Crippen molar-refractivity contribution >= 4 is 28.2 Å². The van der Waals surface area contributed by atoms with E-state index in [0.29, 0.717) is 16.5 Å². The van der Waals surface area contributed by atoms with Crippen LogP contribution in [0, 0.1) is 15.9 Å². The van der Waals surface area contributed by atoms with Crippen LogP contribution in [-0.4, -0.2) is 15.3 Å². The van der Waals surface area contributed by atoms with Crippen molar-refractivity contribution in [3.63, 3.8) is 0 Å². The Morgan fingerprint density at radius 1 is 1.47 bits per heavy atom. The van der Waals surface area contributed by atoms with Crippen LogP contribution in [0.15, 0.2) is 24.4 Å². The highest BCUT2D eigenvalue weighted by Gasteiger charge is 2.25. The molecule has 0 amide bonds. The van der Waals surface area contributed by atoms with E-state index in [1.54, 1.807) is 26.0 Å². The zero-order valence-corrected chi connectivity index (χ0v) is 11.2. The Hall–Kier alpha value is -1.75. The van der Waals surface area contributed by atoms with Crippen LogP contribution in [0.3, 0.4) is 0 Å². The molecule has 0 saturated heterocycles. The number of nitrogens with zero attached hydrogens (tertiary/aromatic N) is 2. The largest absolute Gasteiger partial charge is 0.281 e. The molecule has 0 aliphatic carbocycles. The molecular weight excluding hydrogens is 271 g/mol. The zero-order valence-electron chi connectivity index (χ0n) is 10.4. The molecule has 19 heavy (non-hydrogen) atoms. The van der Waals surface area contributed by atoms with Crippen LogP contribution in [0.4, 0.5) is 10.1 Å². The molecule has 0 aliphatic heterocycles. The van der Waals surface area contributed by atoms with E-state index < -0.39 is 10.7 Å². The fourth-order valence-corrected chi connectivity index (χ4v) is 2.16. The lowest BCUT2D eigenvalue weighted by molar-refractivity contribution is -0.383. The van der Waals surface area contributed by atoms with Gasteiger partial charge in [-0.25, -0.2) is 4.39 Å². The van der Waals surface area contributed by atoms with Crippen LogP contribution in [0.5, 0.6) is 0 Å².